The van der Waals surface area contributed by atoms with Crippen molar-refractivity contribution in [3.8, 4) is 11.5 Å². The summed E-state index contributed by atoms with van der Waals surface area (Å²) in [5.41, 5.74) is 2.74. The van der Waals surface area contributed by atoms with Gasteiger partial charge in [-0.1, -0.05) is 17.3 Å². The van der Waals surface area contributed by atoms with Gasteiger partial charge < -0.3 is 14.8 Å². The number of fused-ring (bicyclic) bond motifs is 2. The summed E-state index contributed by atoms with van der Waals surface area (Å²) in [6.45, 7) is 7.04. The predicted molar refractivity (Wildman–Crippen MR) is 168 cm³/mol. The first-order valence-electron chi connectivity index (χ1n) is 14.9. The first kappa shape index (κ1) is 32.8. The summed E-state index contributed by atoms with van der Waals surface area (Å²) in [5, 5.41) is 11.5. The smallest absolute Gasteiger partial charge is 0.493 e. The number of rotatable bonds is 9. The molecule has 0 bridgehead atoms. The van der Waals surface area contributed by atoms with Crippen molar-refractivity contribution in [1.82, 2.24) is 29.5 Å². The highest BCUT2D eigenvalue weighted by molar-refractivity contribution is 7.91. The minimum Gasteiger partial charge on any atom is -0.493 e. The summed E-state index contributed by atoms with van der Waals surface area (Å²) < 4.78 is 79.4. The highest BCUT2D eigenvalue weighted by Crippen LogP contribution is 2.40. The van der Waals surface area contributed by atoms with Gasteiger partial charge in [-0.05, 0) is 63.2 Å². The molecule has 0 fully saturated rings. The second kappa shape index (κ2) is 12.5. The Balaban J connectivity index is 1.24. The number of sulfonamides is 1. The van der Waals surface area contributed by atoms with E-state index in [0.29, 0.717) is 34.8 Å². The van der Waals surface area contributed by atoms with Crippen molar-refractivity contribution in [2.24, 2.45) is 0 Å². The molecule has 4 aromatic rings. The van der Waals surface area contributed by atoms with Crippen LogP contribution in [-0.4, -0.2) is 70.6 Å². The van der Waals surface area contributed by atoms with Gasteiger partial charge >= 0.3 is 6.36 Å². The lowest BCUT2D eigenvalue weighted by atomic mass is 9.98. The van der Waals surface area contributed by atoms with Crippen molar-refractivity contribution in [1.29, 1.82) is 0 Å². The monoisotopic (exact) mass is 690 g/mol. The summed E-state index contributed by atoms with van der Waals surface area (Å²) in [5.74, 6) is -0.238. The molecule has 0 spiro atoms. The molecule has 47 heavy (non-hydrogen) atoms. The molecule has 0 saturated carbocycles. The van der Waals surface area contributed by atoms with Crippen molar-refractivity contribution in [3.05, 3.63) is 77.4 Å². The van der Waals surface area contributed by atoms with Crippen LogP contribution < -0.4 is 14.8 Å². The Hall–Kier alpha value is -4.15. The minimum absolute atomic E-state index is 0.0700. The number of ether oxygens (including phenoxy) is 2. The number of benzene rings is 2. The van der Waals surface area contributed by atoms with Crippen LogP contribution in [0.2, 0.25) is 0 Å². The first-order chi connectivity index (χ1) is 22.2. The largest absolute Gasteiger partial charge is 0.573 e. The second-order valence-electron chi connectivity index (χ2n) is 11.8. The molecule has 2 aliphatic heterocycles. The fraction of sp³-hybridized carbons (Fsp3) is 0.387. The minimum atomic E-state index is -4.89. The van der Waals surface area contributed by atoms with Crippen molar-refractivity contribution < 1.29 is 35.9 Å². The number of hydrogen-bond donors (Lipinski definition) is 1. The fourth-order valence-electron chi connectivity index (χ4n) is 5.67. The van der Waals surface area contributed by atoms with E-state index in [9.17, 15) is 26.4 Å². The van der Waals surface area contributed by atoms with Crippen molar-refractivity contribution >= 4 is 37.4 Å². The van der Waals surface area contributed by atoms with Crippen LogP contribution in [0.15, 0.2) is 59.2 Å². The molecule has 2 aliphatic rings. The zero-order chi connectivity index (χ0) is 33.7. The lowest BCUT2D eigenvalue weighted by Crippen LogP contribution is -2.50. The van der Waals surface area contributed by atoms with Gasteiger partial charge in [0.25, 0.3) is 10.0 Å². The van der Waals surface area contributed by atoms with Gasteiger partial charge in [-0.3, -0.25) is 14.0 Å². The van der Waals surface area contributed by atoms with E-state index >= 15 is 0 Å². The van der Waals surface area contributed by atoms with E-state index in [1.165, 1.54) is 25.4 Å². The molecule has 2 atom stereocenters. The van der Waals surface area contributed by atoms with Gasteiger partial charge in [0.2, 0.25) is 5.91 Å². The molecule has 16 heteroatoms. The number of carbonyl (C=O) groups excluding carboxylic acids is 1. The predicted octanol–water partition coefficient (Wildman–Crippen LogP) is 5.11. The Bertz CT molecular complexity index is 1960. The molecule has 6 rings (SSSR count). The Labute approximate surface area is 273 Å². The van der Waals surface area contributed by atoms with E-state index in [1.54, 1.807) is 10.9 Å². The van der Waals surface area contributed by atoms with Gasteiger partial charge in [0.15, 0.2) is 0 Å². The van der Waals surface area contributed by atoms with Crippen LogP contribution >= 0.6 is 11.3 Å². The summed E-state index contributed by atoms with van der Waals surface area (Å²) in [4.78, 5) is 15.3. The molecule has 4 heterocycles. The van der Waals surface area contributed by atoms with Gasteiger partial charge in [-0.25, -0.2) is 13.1 Å². The van der Waals surface area contributed by atoms with Crippen LogP contribution in [0.25, 0.3) is 10.1 Å². The van der Waals surface area contributed by atoms with Crippen LogP contribution in [0.5, 0.6) is 11.5 Å². The zero-order valence-corrected chi connectivity index (χ0v) is 27.6. The SMILES string of the molecule is Cc1c(S(=O)(=O)N2C=CNC(=O)C2Cc2cn(C3CCOc4cc(CN(C)C(C)C)ccc43)nn2)sc2ccc(OC(F)(F)F)cc12. The van der Waals surface area contributed by atoms with Crippen molar-refractivity contribution in [2.45, 2.75) is 68.9 Å². The second-order valence-corrected chi connectivity index (χ2v) is 14.9. The van der Waals surface area contributed by atoms with Crippen LogP contribution in [0.4, 0.5) is 13.2 Å². The molecule has 2 aromatic carbocycles. The van der Waals surface area contributed by atoms with Crippen molar-refractivity contribution in [2.75, 3.05) is 13.7 Å². The highest BCUT2D eigenvalue weighted by atomic mass is 32.2. The van der Waals surface area contributed by atoms with Crippen LogP contribution in [-0.2, 0) is 27.8 Å². The van der Waals surface area contributed by atoms with E-state index in [4.69, 9.17) is 4.74 Å². The van der Waals surface area contributed by atoms with Crippen LogP contribution in [0, 0.1) is 6.92 Å². The van der Waals surface area contributed by atoms with Gasteiger partial charge in [-0.15, -0.1) is 29.6 Å². The summed E-state index contributed by atoms with van der Waals surface area (Å²) in [6.07, 6.45) is -0.109. The molecule has 0 aliphatic carbocycles. The number of halogens is 3. The number of hydrogen-bond acceptors (Lipinski definition) is 9. The molecule has 2 unspecified atom stereocenters. The molecule has 1 N–H and O–H groups in total. The third kappa shape index (κ3) is 6.67. The maximum atomic E-state index is 14.0. The summed E-state index contributed by atoms with van der Waals surface area (Å²) in [7, 11) is -2.25. The molecular weight excluding hydrogens is 658 g/mol. The third-order valence-electron chi connectivity index (χ3n) is 8.35. The van der Waals surface area contributed by atoms with Crippen LogP contribution in [0.1, 0.15) is 48.7 Å². The van der Waals surface area contributed by atoms with Crippen LogP contribution in [0.3, 0.4) is 0 Å². The standard InChI is InChI=1S/C31H33F3N6O5S2/c1-18(2)38(4)16-20-5-7-23-25(9-12-44-27(23)13-20)39-17-21(36-37-39)14-26-29(41)35-10-11-40(26)47(42,43)30-19(3)24-15-22(45-31(32,33)34)6-8-28(24)46-30/h5-8,10-11,13,15,17-18,25-26H,9,12,14,16H2,1-4H3,(H,35,41). The Morgan fingerprint density at radius 2 is 2.00 bits per heavy atom. The molecule has 1 amide bonds. The molecule has 11 nitrogen and oxygen atoms in total. The number of carbonyl (C=O) groups is 1. The van der Waals surface area contributed by atoms with E-state index < -0.39 is 34.1 Å². The number of aromatic nitrogens is 3. The Morgan fingerprint density at radius 3 is 2.74 bits per heavy atom. The molecule has 2 aromatic heterocycles. The maximum absolute atomic E-state index is 14.0. The number of nitrogens with zero attached hydrogens (tertiary/aromatic N) is 5. The van der Waals surface area contributed by atoms with Crippen molar-refractivity contribution in [3.63, 3.8) is 0 Å². The van der Waals surface area contributed by atoms with Gasteiger partial charge in [0.05, 0.1) is 18.3 Å². The molecular formula is C31H33F3N6O5S2. The Morgan fingerprint density at radius 1 is 1.21 bits per heavy atom. The maximum Gasteiger partial charge on any atom is 0.573 e. The van der Waals surface area contributed by atoms with E-state index in [1.807, 2.05) is 12.1 Å². The summed E-state index contributed by atoms with van der Waals surface area (Å²) >= 11 is 0.904. The molecule has 0 saturated heterocycles. The number of nitrogens with one attached hydrogen (secondary N) is 1. The van der Waals surface area contributed by atoms with E-state index in [2.05, 4.69) is 52.2 Å². The molecule has 0 radical (unpaired) electrons. The van der Waals surface area contributed by atoms with Gasteiger partial charge in [-0.2, -0.15) is 0 Å². The number of amides is 1. The van der Waals surface area contributed by atoms with Gasteiger partial charge in [0, 0.05) is 59.7 Å². The van der Waals surface area contributed by atoms with E-state index in [-0.39, 0.29) is 22.2 Å². The number of alkyl halides is 3. The zero-order valence-electron chi connectivity index (χ0n) is 26.0. The summed E-state index contributed by atoms with van der Waals surface area (Å²) in [6, 6.07) is 8.84. The quantitative estimate of drug-likeness (QED) is 0.258. The third-order valence-corrected chi connectivity index (χ3v) is 12.0. The average Bonchev–Trinajstić information content (AvgIpc) is 3.61. The number of thiophene rings is 1. The average molecular weight is 691 g/mol. The lowest BCUT2D eigenvalue weighted by molar-refractivity contribution is -0.274. The molecule has 250 valence electrons. The fourth-order valence-corrected chi connectivity index (χ4v) is 8.96. The topological polar surface area (TPSA) is 119 Å². The van der Waals surface area contributed by atoms with Gasteiger partial charge in [0.1, 0.15) is 21.8 Å². The first-order valence-corrected chi connectivity index (χ1v) is 17.1. The van der Waals surface area contributed by atoms with E-state index in [0.717, 1.165) is 51.2 Å². The number of aryl methyl sites for hydroxylation is 1. The highest BCUT2D eigenvalue weighted by Gasteiger charge is 2.39. The normalized spacial score (nSPS) is 18.5. The lowest BCUT2D eigenvalue weighted by Gasteiger charge is -2.30. The Kier molecular flexibility index (Phi) is 8.69.